The molecule has 0 saturated carbocycles. The lowest BCUT2D eigenvalue weighted by Crippen LogP contribution is -2.48. The lowest BCUT2D eigenvalue weighted by Gasteiger charge is -2.34. The largest absolute Gasteiger partial charge is 0.433 e. The van der Waals surface area contributed by atoms with Gasteiger partial charge in [-0.25, -0.2) is 4.98 Å². The number of amides is 2. The lowest BCUT2D eigenvalue weighted by atomic mass is 9.89. The Morgan fingerprint density at radius 1 is 0.854 bits per heavy atom. The van der Waals surface area contributed by atoms with E-state index >= 15 is 0 Å². The van der Waals surface area contributed by atoms with Gasteiger partial charge in [0.25, 0.3) is 11.8 Å². The Kier molecular flexibility index (Phi) is 11.8. The van der Waals surface area contributed by atoms with Crippen LogP contribution < -0.4 is 10.5 Å². The van der Waals surface area contributed by atoms with E-state index in [4.69, 9.17) is 0 Å². The average Bonchev–Trinajstić information content (AvgIpc) is 2.98. The Bertz CT molecular complexity index is 1280. The third kappa shape index (κ3) is 9.64. The van der Waals surface area contributed by atoms with Crippen LogP contribution in [0, 0.1) is 0 Å². The van der Waals surface area contributed by atoms with Gasteiger partial charge in [0, 0.05) is 85.2 Å². The van der Waals surface area contributed by atoms with Crippen LogP contribution in [0.15, 0.2) is 75.8 Å². The Labute approximate surface area is 258 Å². The molecule has 12 heteroatoms. The molecular formula is C29H35BBr2N6O3. The van der Waals surface area contributed by atoms with Crippen molar-refractivity contribution in [1.29, 1.82) is 0 Å². The predicted molar refractivity (Wildman–Crippen MR) is 170 cm³/mol. The Balaban J connectivity index is 0.000000218. The number of hydrogen-bond acceptors (Lipinski definition) is 7. The van der Waals surface area contributed by atoms with E-state index in [1.165, 1.54) is 0 Å². The Hall–Kier alpha value is -2.77. The van der Waals surface area contributed by atoms with Crippen LogP contribution in [0.3, 0.4) is 0 Å². The van der Waals surface area contributed by atoms with Gasteiger partial charge in [-0.1, -0.05) is 31.9 Å². The van der Waals surface area contributed by atoms with Crippen molar-refractivity contribution >= 4 is 56.5 Å². The first kappa shape index (κ1) is 31.2. The van der Waals surface area contributed by atoms with Crippen LogP contribution in [-0.2, 0) is 6.54 Å². The molecule has 41 heavy (non-hydrogen) atoms. The molecule has 9 nitrogen and oxygen atoms in total. The first-order valence-electron chi connectivity index (χ1n) is 13.7. The van der Waals surface area contributed by atoms with Crippen LogP contribution in [0.4, 0.5) is 5.82 Å². The minimum Gasteiger partial charge on any atom is -0.433 e. The summed E-state index contributed by atoms with van der Waals surface area (Å²) in [4.78, 5) is 34.9. The summed E-state index contributed by atoms with van der Waals surface area (Å²) in [5, 5.41) is 15.5. The number of aromatic nitrogens is 1. The smallest absolute Gasteiger partial charge is 0.408 e. The minimum atomic E-state index is -0.633. The van der Waals surface area contributed by atoms with Crippen molar-refractivity contribution in [3.8, 4) is 0 Å². The number of carbonyl (C=O) groups excluding carboxylic acids is 2. The third-order valence-corrected chi connectivity index (χ3v) is 7.89. The molecule has 2 aliphatic rings. The number of rotatable bonds is 6. The maximum Gasteiger partial charge on any atom is 0.408 e. The Morgan fingerprint density at radius 2 is 1.37 bits per heavy atom. The van der Waals surface area contributed by atoms with Crippen LogP contribution >= 0.6 is 31.9 Å². The average molecular weight is 686 g/mol. The van der Waals surface area contributed by atoms with E-state index in [9.17, 15) is 14.6 Å². The highest BCUT2D eigenvalue weighted by Gasteiger charge is 2.22. The van der Waals surface area contributed by atoms with Gasteiger partial charge >= 0.3 is 7.05 Å². The molecule has 2 fully saturated rings. The highest BCUT2D eigenvalue weighted by Crippen LogP contribution is 2.16. The van der Waals surface area contributed by atoms with E-state index in [0.29, 0.717) is 5.82 Å². The predicted octanol–water partition coefficient (Wildman–Crippen LogP) is 3.82. The van der Waals surface area contributed by atoms with E-state index in [-0.39, 0.29) is 11.8 Å². The molecular weight excluding hydrogens is 651 g/mol. The quantitative estimate of drug-likeness (QED) is 0.340. The van der Waals surface area contributed by atoms with Gasteiger partial charge in [0.05, 0.1) is 0 Å². The fraction of sp³-hybridized carbons (Fsp3) is 0.345. The van der Waals surface area contributed by atoms with E-state index in [0.717, 1.165) is 84.5 Å². The number of pyridine rings is 1. The molecule has 3 N–H and O–H groups in total. The van der Waals surface area contributed by atoms with Gasteiger partial charge in [-0.15, -0.1) is 0 Å². The Morgan fingerprint density at radius 3 is 1.88 bits per heavy atom. The first-order valence-corrected chi connectivity index (χ1v) is 15.3. The fourth-order valence-corrected chi connectivity index (χ4v) is 5.18. The topological polar surface area (TPSA) is 101 Å². The molecule has 0 radical (unpaired) electrons. The van der Waals surface area contributed by atoms with Gasteiger partial charge < -0.3 is 25.4 Å². The molecule has 0 unspecified atom stereocenters. The zero-order chi connectivity index (χ0) is 29.2. The number of nitrogens with one attached hydrogen (secondary N) is 2. The molecule has 2 saturated heterocycles. The minimum absolute atomic E-state index is 0.0875. The van der Waals surface area contributed by atoms with Gasteiger partial charge in [0.2, 0.25) is 0 Å². The number of piperazine rings is 2. The summed E-state index contributed by atoms with van der Waals surface area (Å²) >= 11 is 6.75. The number of carbonyl (C=O) groups is 2. The van der Waals surface area contributed by atoms with E-state index in [1.54, 1.807) is 13.0 Å². The zero-order valence-electron chi connectivity index (χ0n) is 23.1. The van der Waals surface area contributed by atoms with Crippen molar-refractivity contribution < 1.29 is 14.6 Å². The molecule has 2 aliphatic heterocycles. The highest BCUT2D eigenvalue weighted by atomic mass is 79.9. The van der Waals surface area contributed by atoms with Gasteiger partial charge in [-0.05, 0) is 73.1 Å². The standard InChI is InChI=1S/C18H22BBrN4O2.C11H13BrN2O/c1-19(26)22-17-12-14(6-7-21-17)13-23-8-10-24(11-9-23)18(25)15-2-4-16(20)5-3-15;12-10-3-1-9(2-4-10)11(15)14-7-5-13-6-8-14/h2-7,12,26H,8-11,13H2,1H3,(H,21,22);1-4,13H,5-8H2. The van der Waals surface area contributed by atoms with Crippen LogP contribution in [-0.4, -0.2) is 95.9 Å². The normalized spacial score (nSPS) is 15.5. The molecule has 5 rings (SSSR count). The van der Waals surface area contributed by atoms with Gasteiger partial charge in [-0.2, -0.15) is 0 Å². The monoisotopic (exact) mass is 684 g/mol. The van der Waals surface area contributed by atoms with E-state index in [1.807, 2.05) is 70.5 Å². The SMILES string of the molecule is CB(O)Nc1cc(CN2CCN(C(=O)c3ccc(Br)cc3)CC2)ccn1.O=C(c1ccc(Br)cc1)N1CCNCC1. The van der Waals surface area contributed by atoms with Crippen LogP contribution in [0.2, 0.25) is 6.82 Å². The van der Waals surface area contributed by atoms with Crippen LogP contribution in [0.5, 0.6) is 0 Å². The summed E-state index contributed by atoms with van der Waals surface area (Å²) < 4.78 is 1.97. The third-order valence-electron chi connectivity index (χ3n) is 6.83. The number of anilines is 1. The van der Waals surface area contributed by atoms with Crippen molar-refractivity contribution in [1.82, 2.24) is 25.0 Å². The molecule has 3 aromatic rings. The van der Waals surface area contributed by atoms with Gasteiger partial charge in [-0.3, -0.25) is 14.5 Å². The summed E-state index contributed by atoms with van der Waals surface area (Å²) in [6.07, 6.45) is 1.74. The molecule has 3 heterocycles. The first-order chi connectivity index (χ1) is 19.8. The molecule has 0 atom stereocenters. The van der Waals surface area contributed by atoms with Crippen molar-refractivity contribution in [3.05, 3.63) is 92.5 Å². The van der Waals surface area contributed by atoms with Gasteiger partial charge in [0.1, 0.15) is 5.82 Å². The molecule has 2 aromatic carbocycles. The number of benzene rings is 2. The fourth-order valence-electron chi connectivity index (χ4n) is 4.65. The number of halogens is 2. The summed E-state index contributed by atoms with van der Waals surface area (Å²) in [5.41, 5.74) is 2.63. The number of hydrogen-bond donors (Lipinski definition) is 3. The maximum atomic E-state index is 12.6. The summed E-state index contributed by atoms with van der Waals surface area (Å²) in [6, 6.07) is 18.9. The van der Waals surface area contributed by atoms with Crippen LogP contribution in [0.25, 0.3) is 0 Å². The van der Waals surface area contributed by atoms with Crippen LogP contribution in [0.1, 0.15) is 26.3 Å². The highest BCUT2D eigenvalue weighted by molar-refractivity contribution is 9.10. The summed E-state index contributed by atoms with van der Waals surface area (Å²) in [7, 11) is -0.633. The molecule has 2 amide bonds. The van der Waals surface area contributed by atoms with E-state index in [2.05, 4.69) is 52.3 Å². The van der Waals surface area contributed by atoms with E-state index < -0.39 is 7.05 Å². The van der Waals surface area contributed by atoms with Crippen molar-refractivity contribution in [3.63, 3.8) is 0 Å². The molecule has 0 bridgehead atoms. The maximum absolute atomic E-state index is 12.6. The molecule has 216 valence electrons. The zero-order valence-corrected chi connectivity index (χ0v) is 26.3. The molecule has 0 spiro atoms. The lowest BCUT2D eigenvalue weighted by molar-refractivity contribution is 0.0628. The van der Waals surface area contributed by atoms with Crippen molar-refractivity contribution in [2.75, 3.05) is 57.6 Å². The second kappa shape index (κ2) is 15.5. The second-order valence-corrected chi connectivity index (χ2v) is 11.8. The van der Waals surface area contributed by atoms with Gasteiger partial charge in [0.15, 0.2) is 0 Å². The molecule has 0 aliphatic carbocycles. The van der Waals surface area contributed by atoms with Crippen molar-refractivity contribution in [2.45, 2.75) is 13.4 Å². The summed E-state index contributed by atoms with van der Waals surface area (Å²) in [6.45, 7) is 8.96. The number of nitrogens with zero attached hydrogens (tertiary/aromatic N) is 4. The molecule has 1 aromatic heterocycles. The van der Waals surface area contributed by atoms with Crippen molar-refractivity contribution in [2.24, 2.45) is 0 Å². The second-order valence-electron chi connectivity index (χ2n) is 9.99. The summed E-state index contributed by atoms with van der Waals surface area (Å²) in [5.74, 6) is 0.884.